The van der Waals surface area contributed by atoms with Crippen molar-refractivity contribution in [2.75, 3.05) is 14.2 Å². The Hall–Kier alpha value is -3.14. The Morgan fingerprint density at radius 2 is 1.80 bits per heavy atom. The summed E-state index contributed by atoms with van der Waals surface area (Å²) in [6.07, 6.45) is 0. The number of nitrogens with zero attached hydrogens (tertiary/aromatic N) is 1. The molecule has 0 aliphatic rings. The molecule has 25 heavy (non-hydrogen) atoms. The van der Waals surface area contributed by atoms with Crippen LogP contribution in [0.25, 0.3) is 0 Å². The number of ether oxygens (including phenoxy) is 2. The lowest BCUT2D eigenvalue weighted by Crippen LogP contribution is -2.32. The van der Waals surface area contributed by atoms with E-state index in [9.17, 15) is 18.0 Å². The first-order valence-corrected chi connectivity index (χ1v) is 8.26. The fraction of sp³-hybridized carbons (Fsp3) is 0.133. The van der Waals surface area contributed by atoms with Crippen LogP contribution in [-0.4, -0.2) is 44.6 Å². The Kier molecular flexibility index (Phi) is 5.22. The molecular formula is C15H14N2O7S. The van der Waals surface area contributed by atoms with Gasteiger partial charge in [-0.15, -0.1) is 0 Å². The van der Waals surface area contributed by atoms with Gasteiger partial charge < -0.3 is 14.6 Å². The predicted molar refractivity (Wildman–Crippen MR) is 85.4 cm³/mol. The van der Waals surface area contributed by atoms with Crippen molar-refractivity contribution < 1.29 is 32.6 Å². The Labute approximate surface area is 143 Å². The van der Waals surface area contributed by atoms with Gasteiger partial charge in [0.2, 0.25) is 5.88 Å². The largest absolute Gasteiger partial charge is 0.496 e. The topological polar surface area (TPSA) is 132 Å². The number of carbonyl (C=O) groups excluding carboxylic acids is 1. The minimum absolute atomic E-state index is 0.0489. The third-order valence-corrected chi connectivity index (χ3v) is 4.48. The van der Waals surface area contributed by atoms with Gasteiger partial charge in [0.05, 0.1) is 19.8 Å². The molecule has 0 saturated heterocycles. The molecule has 0 aliphatic carbocycles. The molecule has 9 nitrogen and oxygen atoms in total. The van der Waals surface area contributed by atoms with Gasteiger partial charge in [0.1, 0.15) is 16.3 Å². The number of hydrogen-bond donors (Lipinski definition) is 2. The first-order chi connectivity index (χ1) is 11.8. The van der Waals surface area contributed by atoms with Gasteiger partial charge >= 0.3 is 5.97 Å². The fourth-order valence-corrected chi connectivity index (χ4v) is 3.09. The highest BCUT2D eigenvalue weighted by atomic mass is 32.2. The van der Waals surface area contributed by atoms with Gasteiger partial charge in [0.15, 0.2) is 0 Å². The van der Waals surface area contributed by atoms with Gasteiger partial charge in [0, 0.05) is 12.1 Å². The number of rotatable bonds is 6. The van der Waals surface area contributed by atoms with Crippen LogP contribution in [0.5, 0.6) is 11.6 Å². The van der Waals surface area contributed by atoms with Crippen LogP contribution in [0.2, 0.25) is 0 Å². The van der Waals surface area contributed by atoms with Crippen LogP contribution >= 0.6 is 0 Å². The normalized spacial score (nSPS) is 10.8. The van der Waals surface area contributed by atoms with E-state index in [1.807, 2.05) is 0 Å². The number of pyridine rings is 1. The third-order valence-electron chi connectivity index (χ3n) is 3.09. The molecule has 0 spiro atoms. The number of aromatic carboxylic acids is 1. The Bertz CT molecular complexity index is 903. The minimum Gasteiger partial charge on any atom is -0.496 e. The zero-order chi connectivity index (χ0) is 18.6. The van der Waals surface area contributed by atoms with E-state index in [-0.39, 0.29) is 17.3 Å². The number of benzene rings is 1. The van der Waals surface area contributed by atoms with Crippen LogP contribution in [0.1, 0.15) is 20.8 Å². The van der Waals surface area contributed by atoms with Crippen LogP contribution in [0.15, 0.2) is 41.3 Å². The number of sulfonamides is 1. The number of carboxylic acids is 1. The highest BCUT2D eigenvalue weighted by molar-refractivity contribution is 7.90. The molecule has 0 bridgehead atoms. The molecule has 2 aromatic rings. The van der Waals surface area contributed by atoms with Gasteiger partial charge in [-0.3, -0.25) is 4.79 Å². The van der Waals surface area contributed by atoms with E-state index in [2.05, 4.69) is 4.98 Å². The van der Waals surface area contributed by atoms with Gasteiger partial charge in [0.25, 0.3) is 15.9 Å². The molecular weight excluding hydrogens is 352 g/mol. The number of nitrogens with one attached hydrogen (secondary N) is 1. The van der Waals surface area contributed by atoms with E-state index in [0.29, 0.717) is 0 Å². The number of aromatic nitrogens is 1. The average molecular weight is 366 g/mol. The smallest absolute Gasteiger partial charge is 0.337 e. The zero-order valence-corrected chi connectivity index (χ0v) is 14.0. The summed E-state index contributed by atoms with van der Waals surface area (Å²) >= 11 is 0. The minimum atomic E-state index is -4.42. The molecule has 0 unspecified atom stereocenters. The Morgan fingerprint density at radius 3 is 2.40 bits per heavy atom. The molecule has 1 aromatic heterocycles. The van der Waals surface area contributed by atoms with E-state index in [1.165, 1.54) is 38.5 Å². The summed E-state index contributed by atoms with van der Waals surface area (Å²) in [6, 6.07) is 7.55. The Balaban J connectivity index is 2.39. The van der Waals surface area contributed by atoms with Crippen LogP contribution in [0.4, 0.5) is 0 Å². The molecule has 0 atom stereocenters. The molecule has 0 aliphatic heterocycles. The van der Waals surface area contributed by atoms with Crippen molar-refractivity contribution in [3.05, 3.63) is 47.7 Å². The number of amides is 1. The van der Waals surface area contributed by atoms with E-state index in [1.54, 1.807) is 4.72 Å². The highest BCUT2D eigenvalue weighted by Crippen LogP contribution is 2.20. The lowest BCUT2D eigenvalue weighted by molar-refractivity contribution is 0.0692. The van der Waals surface area contributed by atoms with Gasteiger partial charge in [-0.2, -0.15) is 0 Å². The first kappa shape index (κ1) is 18.2. The maximum atomic E-state index is 12.4. The standard InChI is InChI=1S/C15H14N2O7S/c1-23-9-7-11(16-13(8-9)24-2)14(18)17-25(21,22)12-6-4-3-5-10(12)15(19)20/h3-8H,1-2H3,(H,17,18)(H,19,20). The predicted octanol–water partition coefficient (Wildman–Crippen LogP) is 0.916. The number of methoxy groups -OCH3 is 2. The average Bonchev–Trinajstić information content (AvgIpc) is 2.60. The maximum absolute atomic E-state index is 12.4. The monoisotopic (exact) mass is 366 g/mol. The lowest BCUT2D eigenvalue weighted by atomic mass is 10.2. The van der Waals surface area contributed by atoms with Crippen molar-refractivity contribution in [1.82, 2.24) is 9.71 Å². The number of hydrogen-bond acceptors (Lipinski definition) is 7. The second-order valence-corrected chi connectivity index (χ2v) is 6.32. The second kappa shape index (κ2) is 7.18. The van der Waals surface area contributed by atoms with E-state index in [4.69, 9.17) is 14.6 Å². The van der Waals surface area contributed by atoms with Crippen molar-refractivity contribution in [2.24, 2.45) is 0 Å². The maximum Gasteiger partial charge on any atom is 0.337 e. The summed E-state index contributed by atoms with van der Waals surface area (Å²) in [4.78, 5) is 26.7. The van der Waals surface area contributed by atoms with Crippen molar-refractivity contribution in [1.29, 1.82) is 0 Å². The molecule has 10 heteroatoms. The molecule has 132 valence electrons. The second-order valence-electron chi connectivity index (χ2n) is 4.67. The molecule has 1 aromatic carbocycles. The van der Waals surface area contributed by atoms with E-state index < -0.39 is 32.4 Å². The summed E-state index contributed by atoms with van der Waals surface area (Å²) < 4.78 is 36.4. The first-order valence-electron chi connectivity index (χ1n) is 6.78. The van der Waals surface area contributed by atoms with Crippen LogP contribution < -0.4 is 14.2 Å². The van der Waals surface area contributed by atoms with E-state index in [0.717, 1.165) is 12.1 Å². The van der Waals surface area contributed by atoms with Crippen molar-refractivity contribution in [3.8, 4) is 11.6 Å². The van der Waals surface area contributed by atoms with Crippen LogP contribution in [0.3, 0.4) is 0 Å². The highest BCUT2D eigenvalue weighted by Gasteiger charge is 2.25. The number of carboxylic acid groups (broad SMARTS) is 1. The summed E-state index contributed by atoms with van der Waals surface area (Å²) in [7, 11) is -1.74. The zero-order valence-electron chi connectivity index (χ0n) is 13.2. The summed E-state index contributed by atoms with van der Waals surface area (Å²) in [6.45, 7) is 0. The molecule has 1 heterocycles. The van der Waals surface area contributed by atoms with Gasteiger partial charge in [-0.05, 0) is 12.1 Å². The van der Waals surface area contributed by atoms with Gasteiger partial charge in [-0.1, -0.05) is 12.1 Å². The Morgan fingerprint density at radius 1 is 1.12 bits per heavy atom. The molecule has 2 N–H and O–H groups in total. The SMILES string of the molecule is COc1cc(OC)nc(C(=O)NS(=O)(=O)c2ccccc2C(=O)O)c1. The molecule has 0 fully saturated rings. The fourth-order valence-electron chi connectivity index (χ4n) is 1.93. The van der Waals surface area contributed by atoms with Crippen LogP contribution in [-0.2, 0) is 10.0 Å². The molecule has 0 saturated carbocycles. The van der Waals surface area contributed by atoms with Crippen LogP contribution in [0, 0.1) is 0 Å². The van der Waals surface area contributed by atoms with E-state index >= 15 is 0 Å². The van der Waals surface area contributed by atoms with Crippen molar-refractivity contribution >= 4 is 21.9 Å². The molecule has 2 rings (SSSR count). The molecule has 1 amide bonds. The summed E-state index contributed by atoms with van der Waals surface area (Å²) in [5.74, 6) is -2.21. The summed E-state index contributed by atoms with van der Waals surface area (Å²) in [5.41, 5.74) is -0.730. The lowest BCUT2D eigenvalue weighted by Gasteiger charge is -2.10. The van der Waals surface area contributed by atoms with Gasteiger partial charge in [-0.25, -0.2) is 22.9 Å². The third kappa shape index (κ3) is 4.04. The number of carbonyl (C=O) groups is 2. The quantitative estimate of drug-likeness (QED) is 0.771. The van der Waals surface area contributed by atoms with Crippen molar-refractivity contribution in [3.63, 3.8) is 0 Å². The molecule has 0 radical (unpaired) electrons. The van der Waals surface area contributed by atoms with Crippen molar-refractivity contribution in [2.45, 2.75) is 4.90 Å². The summed E-state index contributed by atoms with van der Waals surface area (Å²) in [5, 5.41) is 9.09.